The van der Waals surface area contributed by atoms with E-state index in [2.05, 4.69) is 37.6 Å². The van der Waals surface area contributed by atoms with Gasteiger partial charge in [-0.25, -0.2) is 4.98 Å². The van der Waals surface area contributed by atoms with Crippen LogP contribution in [0, 0.1) is 0 Å². The number of nitrogens with zero attached hydrogens (tertiary/aromatic N) is 3. The molecule has 0 aliphatic carbocycles. The maximum absolute atomic E-state index is 11.6. The number of benzene rings is 2. The van der Waals surface area contributed by atoms with Crippen molar-refractivity contribution in [2.24, 2.45) is 5.73 Å². The average molecular weight is 527 g/mol. The summed E-state index contributed by atoms with van der Waals surface area (Å²) in [7, 11) is 4.90. The Bertz CT molecular complexity index is 1270. The van der Waals surface area contributed by atoms with Gasteiger partial charge < -0.3 is 35.5 Å². The van der Waals surface area contributed by atoms with Crippen molar-refractivity contribution in [1.29, 1.82) is 0 Å². The van der Waals surface area contributed by atoms with E-state index in [9.17, 15) is 4.79 Å². The number of halogens is 1. The number of amides is 1. The first kappa shape index (κ1) is 26.5. The summed E-state index contributed by atoms with van der Waals surface area (Å²) in [5.41, 5.74) is 9.52. The molecule has 1 aliphatic heterocycles. The second-order valence-electron chi connectivity index (χ2n) is 8.58. The van der Waals surface area contributed by atoms with Crippen molar-refractivity contribution in [2.45, 2.75) is 12.8 Å². The SMILES string of the molecule is COCCN1CCc2cc(Nc3ncc(Cl)c(Nc4cc(C(N)=O)ccc4OC)n3)c(OC)cc2CC1. The smallest absolute Gasteiger partial charge is 0.248 e. The van der Waals surface area contributed by atoms with Crippen molar-refractivity contribution in [2.75, 3.05) is 58.2 Å². The zero-order valence-corrected chi connectivity index (χ0v) is 21.9. The maximum atomic E-state index is 11.6. The lowest BCUT2D eigenvalue weighted by atomic mass is 10.0. The Kier molecular flexibility index (Phi) is 8.65. The normalized spacial score (nSPS) is 13.4. The maximum Gasteiger partial charge on any atom is 0.248 e. The molecule has 0 radical (unpaired) electrons. The van der Waals surface area contributed by atoms with Crippen LogP contribution in [-0.2, 0) is 17.6 Å². The third-order valence-corrected chi connectivity index (χ3v) is 6.53. The van der Waals surface area contributed by atoms with Crippen molar-refractivity contribution in [3.63, 3.8) is 0 Å². The summed E-state index contributed by atoms with van der Waals surface area (Å²) in [4.78, 5) is 22.9. The van der Waals surface area contributed by atoms with Gasteiger partial charge in [-0.15, -0.1) is 0 Å². The minimum Gasteiger partial charge on any atom is -0.495 e. The standard InChI is InChI=1S/C26H31ClN6O4/c1-35-11-10-33-8-6-16-12-21(23(37-3)14-17(16)7-9-33)31-26-29-15-19(27)25(32-26)30-20-13-18(24(28)34)4-5-22(20)36-2/h4-5,12-15H,6-11H2,1-3H3,(H2,28,34)(H2,29,30,31,32). The van der Waals surface area contributed by atoms with E-state index >= 15 is 0 Å². The summed E-state index contributed by atoms with van der Waals surface area (Å²) >= 11 is 6.38. The van der Waals surface area contributed by atoms with Crippen LogP contribution in [0.25, 0.3) is 0 Å². The number of aromatic nitrogens is 2. The predicted octanol–water partition coefficient (Wildman–Crippen LogP) is 3.78. The van der Waals surface area contributed by atoms with Crippen molar-refractivity contribution in [3.8, 4) is 11.5 Å². The first-order valence-corrected chi connectivity index (χ1v) is 12.2. The predicted molar refractivity (Wildman–Crippen MR) is 144 cm³/mol. The molecule has 0 saturated heterocycles. The van der Waals surface area contributed by atoms with Crippen LogP contribution in [0.3, 0.4) is 0 Å². The fraction of sp³-hybridized carbons (Fsp3) is 0.346. The molecule has 196 valence electrons. The summed E-state index contributed by atoms with van der Waals surface area (Å²) in [6.45, 7) is 3.56. The molecule has 0 spiro atoms. The van der Waals surface area contributed by atoms with Gasteiger partial charge in [0.2, 0.25) is 11.9 Å². The number of hydrogen-bond acceptors (Lipinski definition) is 9. The summed E-state index contributed by atoms with van der Waals surface area (Å²) < 4.78 is 16.3. The Labute approximate surface area is 221 Å². The third-order valence-electron chi connectivity index (χ3n) is 6.26. The van der Waals surface area contributed by atoms with Crippen LogP contribution >= 0.6 is 11.6 Å². The van der Waals surface area contributed by atoms with Gasteiger partial charge in [-0.1, -0.05) is 11.6 Å². The second kappa shape index (κ2) is 12.1. The number of carbonyl (C=O) groups excluding carboxylic acids is 1. The molecule has 0 saturated carbocycles. The highest BCUT2D eigenvalue weighted by Crippen LogP contribution is 2.34. The molecule has 0 unspecified atom stereocenters. The first-order chi connectivity index (χ1) is 17.9. The van der Waals surface area contributed by atoms with Gasteiger partial charge in [0.15, 0.2) is 5.82 Å². The monoisotopic (exact) mass is 526 g/mol. The van der Waals surface area contributed by atoms with Crippen molar-refractivity contribution in [1.82, 2.24) is 14.9 Å². The molecule has 0 bridgehead atoms. The van der Waals surface area contributed by atoms with Crippen LogP contribution in [0.2, 0.25) is 5.02 Å². The van der Waals surface area contributed by atoms with Gasteiger partial charge in [-0.2, -0.15) is 4.98 Å². The van der Waals surface area contributed by atoms with E-state index in [1.807, 2.05) is 0 Å². The quantitative estimate of drug-likeness (QED) is 0.362. The van der Waals surface area contributed by atoms with Gasteiger partial charge in [0.05, 0.1) is 38.4 Å². The highest BCUT2D eigenvalue weighted by Gasteiger charge is 2.18. The summed E-state index contributed by atoms with van der Waals surface area (Å²) in [5.74, 6) is 1.31. The average Bonchev–Trinajstić information content (AvgIpc) is 3.10. The van der Waals surface area contributed by atoms with E-state index in [0.717, 1.165) is 44.8 Å². The van der Waals surface area contributed by atoms with Crippen LogP contribution in [0.5, 0.6) is 11.5 Å². The summed E-state index contributed by atoms with van der Waals surface area (Å²) in [6, 6.07) is 8.99. The molecular weight excluding hydrogens is 496 g/mol. The lowest BCUT2D eigenvalue weighted by molar-refractivity contribution is 0.100. The number of anilines is 4. The molecule has 0 atom stereocenters. The zero-order chi connectivity index (χ0) is 26.4. The molecule has 11 heteroatoms. The van der Waals surface area contributed by atoms with Gasteiger partial charge in [0, 0.05) is 32.3 Å². The van der Waals surface area contributed by atoms with Gasteiger partial charge in [-0.05, 0) is 54.3 Å². The minimum absolute atomic E-state index is 0.294. The molecule has 4 N–H and O–H groups in total. The van der Waals surface area contributed by atoms with E-state index in [0.29, 0.717) is 39.5 Å². The molecule has 1 aromatic heterocycles. The van der Waals surface area contributed by atoms with Crippen LogP contribution in [0.4, 0.5) is 23.1 Å². The van der Waals surface area contributed by atoms with Crippen molar-refractivity contribution < 1.29 is 19.0 Å². The largest absolute Gasteiger partial charge is 0.495 e. The molecule has 37 heavy (non-hydrogen) atoms. The number of carbonyl (C=O) groups is 1. The fourth-order valence-corrected chi connectivity index (χ4v) is 4.37. The molecule has 10 nitrogen and oxygen atoms in total. The molecule has 1 amide bonds. The Morgan fingerprint density at radius 3 is 2.41 bits per heavy atom. The number of nitrogens with one attached hydrogen (secondary N) is 2. The van der Waals surface area contributed by atoms with Crippen LogP contribution < -0.4 is 25.8 Å². The Balaban J connectivity index is 1.58. The van der Waals surface area contributed by atoms with E-state index in [-0.39, 0.29) is 0 Å². The van der Waals surface area contributed by atoms with Crippen LogP contribution in [-0.4, -0.2) is 68.3 Å². The topological polar surface area (TPSA) is 124 Å². The van der Waals surface area contributed by atoms with Crippen LogP contribution in [0.1, 0.15) is 21.5 Å². The number of methoxy groups -OCH3 is 3. The van der Waals surface area contributed by atoms with E-state index in [4.69, 9.17) is 31.5 Å². The van der Waals surface area contributed by atoms with Crippen molar-refractivity contribution in [3.05, 3.63) is 58.2 Å². The van der Waals surface area contributed by atoms with Gasteiger partial charge in [-0.3, -0.25) is 4.79 Å². The highest BCUT2D eigenvalue weighted by atomic mass is 35.5. The molecule has 1 aliphatic rings. The molecule has 2 aromatic carbocycles. The number of rotatable bonds is 10. The number of hydrogen-bond donors (Lipinski definition) is 3. The number of nitrogens with two attached hydrogens (primary N) is 1. The molecule has 3 aromatic rings. The Morgan fingerprint density at radius 1 is 1.03 bits per heavy atom. The lowest BCUT2D eigenvalue weighted by Crippen LogP contribution is -2.29. The molecule has 0 fully saturated rings. The number of ether oxygens (including phenoxy) is 3. The van der Waals surface area contributed by atoms with Crippen molar-refractivity contribution >= 4 is 40.6 Å². The number of primary amides is 1. The van der Waals surface area contributed by atoms with E-state index < -0.39 is 5.91 Å². The second-order valence-corrected chi connectivity index (χ2v) is 8.98. The number of fused-ring (bicyclic) bond motifs is 1. The summed E-state index contributed by atoms with van der Waals surface area (Å²) in [5, 5.41) is 6.68. The molecular formula is C26H31ClN6O4. The molecule has 4 rings (SSSR count). The van der Waals surface area contributed by atoms with E-state index in [1.165, 1.54) is 24.4 Å². The summed E-state index contributed by atoms with van der Waals surface area (Å²) in [6.07, 6.45) is 3.35. The fourth-order valence-electron chi connectivity index (χ4n) is 4.23. The van der Waals surface area contributed by atoms with Crippen LogP contribution in [0.15, 0.2) is 36.5 Å². The Hall–Kier alpha value is -3.60. The van der Waals surface area contributed by atoms with Gasteiger partial charge >= 0.3 is 0 Å². The first-order valence-electron chi connectivity index (χ1n) is 11.9. The molecule has 2 heterocycles. The van der Waals surface area contributed by atoms with Gasteiger partial charge in [0.1, 0.15) is 16.5 Å². The highest BCUT2D eigenvalue weighted by molar-refractivity contribution is 6.33. The van der Waals surface area contributed by atoms with Gasteiger partial charge in [0.25, 0.3) is 0 Å². The minimum atomic E-state index is -0.557. The zero-order valence-electron chi connectivity index (χ0n) is 21.1. The Morgan fingerprint density at radius 2 is 1.73 bits per heavy atom. The third kappa shape index (κ3) is 6.40. The lowest BCUT2D eigenvalue weighted by Gasteiger charge is -2.18. The van der Waals surface area contributed by atoms with E-state index in [1.54, 1.807) is 32.4 Å².